The fraction of sp³-hybridized carbons (Fsp3) is 0.250. The lowest BCUT2D eigenvalue weighted by atomic mass is 10.2. The molecule has 1 aliphatic rings. The van der Waals surface area contributed by atoms with Crippen molar-refractivity contribution < 1.29 is 0 Å². The quantitative estimate of drug-likeness (QED) is 0.533. The van der Waals surface area contributed by atoms with Gasteiger partial charge < -0.3 is 0 Å². The van der Waals surface area contributed by atoms with Crippen molar-refractivity contribution in [3.63, 3.8) is 0 Å². The van der Waals surface area contributed by atoms with Gasteiger partial charge in [0.1, 0.15) is 0 Å². The first-order chi connectivity index (χ1) is 4.88. The van der Waals surface area contributed by atoms with E-state index >= 15 is 0 Å². The van der Waals surface area contributed by atoms with Crippen molar-refractivity contribution in [2.45, 2.75) is 13.3 Å². The molecule has 0 saturated carbocycles. The zero-order valence-corrected chi connectivity index (χ0v) is 5.83. The summed E-state index contributed by atoms with van der Waals surface area (Å²) in [7, 11) is 0. The van der Waals surface area contributed by atoms with Crippen LogP contribution >= 0.6 is 0 Å². The first-order valence-electron chi connectivity index (χ1n) is 3.35. The van der Waals surface area contributed by atoms with Gasteiger partial charge in [-0.05, 0) is 12.5 Å². The molecule has 1 aromatic heterocycles. The van der Waals surface area contributed by atoms with Crippen molar-refractivity contribution in [3.8, 4) is 0 Å². The first kappa shape index (κ1) is 5.59. The molecule has 0 radical (unpaired) electrons. The summed E-state index contributed by atoms with van der Waals surface area (Å²) in [4.78, 5) is 8.40. The number of nitrogens with zero attached hydrogens (tertiary/aromatic N) is 2. The van der Waals surface area contributed by atoms with E-state index in [4.69, 9.17) is 0 Å². The molecule has 1 aliphatic carbocycles. The lowest BCUT2D eigenvalue weighted by Crippen LogP contribution is -1.90. The van der Waals surface area contributed by atoms with Crippen LogP contribution in [0.15, 0.2) is 18.5 Å². The second-order valence-electron chi connectivity index (χ2n) is 2.44. The maximum atomic E-state index is 4.21. The van der Waals surface area contributed by atoms with Crippen LogP contribution in [0.3, 0.4) is 0 Å². The highest BCUT2D eigenvalue weighted by molar-refractivity contribution is 5.66. The fourth-order valence-electron chi connectivity index (χ4n) is 1.19. The first-order valence-corrected chi connectivity index (χ1v) is 3.35. The van der Waals surface area contributed by atoms with E-state index in [-0.39, 0.29) is 0 Å². The molecule has 1 heterocycles. The average molecular weight is 132 g/mol. The lowest BCUT2D eigenvalue weighted by molar-refractivity contribution is 1.06. The van der Waals surface area contributed by atoms with Gasteiger partial charge >= 0.3 is 0 Å². The molecule has 2 nitrogen and oxygen atoms in total. The Morgan fingerprint density at radius 3 is 2.90 bits per heavy atom. The zero-order chi connectivity index (χ0) is 6.97. The van der Waals surface area contributed by atoms with Gasteiger partial charge in [0.05, 0.1) is 11.4 Å². The van der Waals surface area contributed by atoms with E-state index in [9.17, 15) is 0 Å². The summed E-state index contributed by atoms with van der Waals surface area (Å²) < 4.78 is 0. The van der Waals surface area contributed by atoms with Gasteiger partial charge in [0.25, 0.3) is 0 Å². The Labute approximate surface area is 59.6 Å². The summed E-state index contributed by atoms with van der Waals surface area (Å²) in [6, 6.07) is 0. The Kier molecular flexibility index (Phi) is 1.07. The van der Waals surface area contributed by atoms with Crippen LogP contribution in [0, 0.1) is 0 Å². The standard InChI is InChI=1S/C8H8N2/c1-6-2-3-7-8(6)10-5-4-9-7/h2,4-5H,3H2,1H3. The summed E-state index contributed by atoms with van der Waals surface area (Å²) in [6.45, 7) is 2.07. The third kappa shape index (κ3) is 0.652. The van der Waals surface area contributed by atoms with Crippen molar-refractivity contribution in [1.29, 1.82) is 0 Å². The Hall–Kier alpha value is -1.18. The topological polar surface area (TPSA) is 25.8 Å². The fourth-order valence-corrected chi connectivity index (χ4v) is 1.19. The maximum Gasteiger partial charge on any atom is 0.0874 e. The summed E-state index contributed by atoms with van der Waals surface area (Å²) in [5, 5.41) is 0. The van der Waals surface area contributed by atoms with Crippen LogP contribution in [0.25, 0.3) is 5.57 Å². The molecular formula is C8H8N2. The number of rotatable bonds is 0. The van der Waals surface area contributed by atoms with Crippen LogP contribution in [-0.2, 0) is 6.42 Å². The van der Waals surface area contributed by atoms with Crippen molar-refractivity contribution >= 4 is 5.57 Å². The minimum atomic E-state index is 0.953. The molecule has 10 heavy (non-hydrogen) atoms. The second kappa shape index (κ2) is 1.90. The molecular weight excluding hydrogens is 124 g/mol. The van der Waals surface area contributed by atoms with E-state index in [1.54, 1.807) is 12.4 Å². The Morgan fingerprint density at radius 1 is 1.30 bits per heavy atom. The van der Waals surface area contributed by atoms with E-state index in [0.717, 1.165) is 17.8 Å². The van der Waals surface area contributed by atoms with Gasteiger partial charge in [-0.2, -0.15) is 0 Å². The van der Waals surface area contributed by atoms with Crippen molar-refractivity contribution in [2.75, 3.05) is 0 Å². The normalized spacial score (nSPS) is 14.7. The minimum Gasteiger partial charge on any atom is -0.257 e. The average Bonchev–Trinajstić information content (AvgIpc) is 2.34. The molecule has 2 heteroatoms. The van der Waals surface area contributed by atoms with E-state index in [0.29, 0.717) is 0 Å². The summed E-state index contributed by atoms with van der Waals surface area (Å²) in [6.07, 6.45) is 6.59. The van der Waals surface area contributed by atoms with Crippen LogP contribution in [-0.4, -0.2) is 9.97 Å². The van der Waals surface area contributed by atoms with Crippen molar-refractivity contribution in [3.05, 3.63) is 29.9 Å². The van der Waals surface area contributed by atoms with Gasteiger partial charge in [0.15, 0.2) is 0 Å². The molecule has 0 unspecified atom stereocenters. The minimum absolute atomic E-state index is 0.953. The predicted octanol–water partition coefficient (Wildman–Crippen LogP) is 1.44. The zero-order valence-electron chi connectivity index (χ0n) is 5.83. The number of fused-ring (bicyclic) bond motifs is 1. The molecule has 2 rings (SSSR count). The highest BCUT2D eigenvalue weighted by Crippen LogP contribution is 2.21. The predicted molar refractivity (Wildman–Crippen MR) is 39.4 cm³/mol. The smallest absolute Gasteiger partial charge is 0.0874 e. The van der Waals surface area contributed by atoms with Crippen molar-refractivity contribution in [2.24, 2.45) is 0 Å². The molecule has 0 atom stereocenters. The number of hydrogen-bond donors (Lipinski definition) is 0. The molecule has 1 aromatic rings. The third-order valence-corrected chi connectivity index (χ3v) is 1.75. The Bertz CT molecular complexity index is 289. The van der Waals surface area contributed by atoms with Gasteiger partial charge in [0, 0.05) is 18.8 Å². The van der Waals surface area contributed by atoms with Crippen LogP contribution < -0.4 is 0 Å². The van der Waals surface area contributed by atoms with E-state index < -0.39 is 0 Å². The number of hydrogen-bond acceptors (Lipinski definition) is 2. The van der Waals surface area contributed by atoms with Gasteiger partial charge in [-0.25, -0.2) is 0 Å². The van der Waals surface area contributed by atoms with Crippen LogP contribution in [0.2, 0.25) is 0 Å². The molecule has 0 aliphatic heterocycles. The SMILES string of the molecule is CC1=CCc2nccnc21. The molecule has 50 valence electrons. The third-order valence-electron chi connectivity index (χ3n) is 1.75. The van der Waals surface area contributed by atoms with E-state index in [2.05, 4.69) is 23.0 Å². The van der Waals surface area contributed by atoms with Crippen LogP contribution in [0.5, 0.6) is 0 Å². The molecule has 0 N–H and O–H groups in total. The van der Waals surface area contributed by atoms with Crippen LogP contribution in [0.4, 0.5) is 0 Å². The molecule has 0 bridgehead atoms. The highest BCUT2D eigenvalue weighted by atomic mass is 14.8. The Balaban J connectivity index is 2.61. The number of allylic oxidation sites excluding steroid dienone is 2. The largest absolute Gasteiger partial charge is 0.257 e. The monoisotopic (exact) mass is 132 g/mol. The molecule has 0 spiro atoms. The summed E-state index contributed by atoms with van der Waals surface area (Å²) >= 11 is 0. The van der Waals surface area contributed by atoms with Gasteiger partial charge in [0.2, 0.25) is 0 Å². The van der Waals surface area contributed by atoms with E-state index in [1.165, 1.54) is 5.57 Å². The number of aromatic nitrogens is 2. The molecule has 0 fully saturated rings. The highest BCUT2D eigenvalue weighted by Gasteiger charge is 2.10. The molecule has 0 saturated heterocycles. The Morgan fingerprint density at radius 2 is 2.10 bits per heavy atom. The van der Waals surface area contributed by atoms with Crippen molar-refractivity contribution in [1.82, 2.24) is 9.97 Å². The second-order valence-corrected chi connectivity index (χ2v) is 2.44. The van der Waals surface area contributed by atoms with Crippen LogP contribution in [0.1, 0.15) is 18.3 Å². The lowest BCUT2D eigenvalue weighted by Gasteiger charge is -1.95. The maximum absolute atomic E-state index is 4.21. The molecule has 0 aromatic carbocycles. The van der Waals surface area contributed by atoms with Gasteiger partial charge in [-0.1, -0.05) is 6.08 Å². The molecule has 0 amide bonds. The van der Waals surface area contributed by atoms with E-state index in [1.807, 2.05) is 0 Å². The van der Waals surface area contributed by atoms with Gasteiger partial charge in [-0.15, -0.1) is 0 Å². The summed E-state index contributed by atoms with van der Waals surface area (Å²) in [5.41, 5.74) is 3.44. The summed E-state index contributed by atoms with van der Waals surface area (Å²) in [5.74, 6) is 0. The van der Waals surface area contributed by atoms with Gasteiger partial charge in [-0.3, -0.25) is 9.97 Å².